The highest BCUT2D eigenvalue weighted by Gasteiger charge is 2.39. The van der Waals surface area contributed by atoms with Gasteiger partial charge in [-0.2, -0.15) is 4.98 Å². The minimum atomic E-state index is -2.73. The molecule has 0 bridgehead atoms. The van der Waals surface area contributed by atoms with E-state index in [9.17, 15) is 8.78 Å². The number of halogens is 3. The molecule has 1 fully saturated rings. The van der Waals surface area contributed by atoms with E-state index in [-0.39, 0.29) is 25.4 Å². The van der Waals surface area contributed by atoms with Crippen molar-refractivity contribution in [1.82, 2.24) is 20.0 Å². The van der Waals surface area contributed by atoms with Crippen LogP contribution < -0.4 is 5.32 Å². The number of aromatic nitrogens is 3. The molecule has 26 heavy (non-hydrogen) atoms. The van der Waals surface area contributed by atoms with E-state index in [1.807, 2.05) is 12.1 Å². The van der Waals surface area contributed by atoms with Gasteiger partial charge in [-0.3, -0.25) is 0 Å². The molecular weight excluding hydrogens is 362 g/mol. The largest absolute Gasteiger partial charge is 0.344 e. The van der Waals surface area contributed by atoms with Gasteiger partial charge in [-0.05, 0) is 18.9 Å². The van der Waals surface area contributed by atoms with E-state index in [0.29, 0.717) is 18.3 Å². The predicted molar refractivity (Wildman–Crippen MR) is 96.0 cm³/mol. The molecule has 5 nitrogen and oxygen atoms in total. The lowest BCUT2D eigenvalue weighted by Crippen LogP contribution is -2.42. The van der Waals surface area contributed by atoms with E-state index in [0.717, 1.165) is 30.3 Å². The molecule has 3 aromatic rings. The highest BCUT2D eigenvalue weighted by atomic mass is 35.5. The fourth-order valence-corrected chi connectivity index (χ4v) is 4.14. The molecule has 2 aliphatic heterocycles. The molecule has 0 radical (unpaired) electrons. The topological polar surface area (TPSA) is 55.9 Å². The van der Waals surface area contributed by atoms with Crippen LogP contribution in [-0.2, 0) is 13.0 Å². The van der Waals surface area contributed by atoms with Crippen molar-refractivity contribution in [2.24, 2.45) is 0 Å². The van der Waals surface area contributed by atoms with Gasteiger partial charge in [-0.15, -0.1) is 12.4 Å². The lowest BCUT2D eigenvalue weighted by molar-refractivity contribution is -0.0310. The minimum absolute atomic E-state index is 0. The van der Waals surface area contributed by atoms with Gasteiger partial charge >= 0.3 is 0 Å². The Hall–Kier alpha value is -1.99. The number of para-hydroxylation sites is 1. The van der Waals surface area contributed by atoms with Crippen LogP contribution in [0.3, 0.4) is 0 Å². The van der Waals surface area contributed by atoms with Crippen molar-refractivity contribution in [1.29, 1.82) is 0 Å². The fraction of sp³-hybridized carbons (Fsp3) is 0.444. The monoisotopic (exact) mass is 380 g/mol. The van der Waals surface area contributed by atoms with E-state index in [4.69, 9.17) is 4.52 Å². The van der Waals surface area contributed by atoms with E-state index in [1.54, 1.807) is 0 Å². The van der Waals surface area contributed by atoms with Gasteiger partial charge in [0.05, 0.1) is 18.0 Å². The van der Waals surface area contributed by atoms with Gasteiger partial charge in [0.2, 0.25) is 11.7 Å². The quantitative estimate of drug-likeness (QED) is 0.735. The summed E-state index contributed by atoms with van der Waals surface area (Å²) in [6, 6.07) is 8.17. The Morgan fingerprint density at radius 1 is 1.27 bits per heavy atom. The summed E-state index contributed by atoms with van der Waals surface area (Å²) >= 11 is 0. The zero-order valence-corrected chi connectivity index (χ0v) is 14.9. The first-order chi connectivity index (χ1) is 12.1. The van der Waals surface area contributed by atoms with E-state index < -0.39 is 11.8 Å². The molecule has 2 aliphatic rings. The highest BCUT2D eigenvalue weighted by Crippen LogP contribution is 2.38. The van der Waals surface area contributed by atoms with Crippen LogP contribution in [0.1, 0.15) is 30.3 Å². The zero-order chi connectivity index (χ0) is 17.0. The van der Waals surface area contributed by atoms with Gasteiger partial charge in [-0.25, -0.2) is 8.78 Å². The molecule has 138 valence electrons. The molecule has 4 heterocycles. The van der Waals surface area contributed by atoms with Gasteiger partial charge < -0.3 is 14.4 Å². The summed E-state index contributed by atoms with van der Waals surface area (Å²) in [4.78, 5) is 4.51. The second-order valence-electron chi connectivity index (χ2n) is 6.94. The standard InChI is InChI=1S/C18H18F2N4O.ClH/c19-18(20)8-11(9-21-10-18)17-22-16(23-25-17)15-12-4-1-2-5-13(12)24-7-3-6-14(15)24;/h1-2,4-5,11,21H,3,6-10H2;1H/t11-;/m0./s1. The Morgan fingerprint density at radius 3 is 2.96 bits per heavy atom. The first kappa shape index (κ1) is 17.4. The number of piperidine rings is 1. The lowest BCUT2D eigenvalue weighted by Gasteiger charge is -2.27. The van der Waals surface area contributed by atoms with Crippen molar-refractivity contribution in [2.45, 2.75) is 37.6 Å². The number of nitrogens with zero attached hydrogens (tertiary/aromatic N) is 3. The summed E-state index contributed by atoms with van der Waals surface area (Å²) in [6.07, 6.45) is 1.81. The number of rotatable bonds is 2. The normalized spacial score (nSPS) is 21.5. The average Bonchev–Trinajstić information content (AvgIpc) is 3.29. The molecule has 1 atom stereocenters. The number of benzene rings is 1. The van der Waals surface area contributed by atoms with Crippen molar-refractivity contribution in [2.75, 3.05) is 13.1 Å². The molecule has 1 N–H and O–H groups in total. The predicted octanol–water partition coefficient (Wildman–Crippen LogP) is 3.77. The van der Waals surface area contributed by atoms with Crippen LogP contribution in [0.4, 0.5) is 8.78 Å². The van der Waals surface area contributed by atoms with Crippen LogP contribution in [0.5, 0.6) is 0 Å². The maximum atomic E-state index is 13.7. The summed E-state index contributed by atoms with van der Waals surface area (Å²) < 4.78 is 35.0. The molecule has 0 amide bonds. The van der Waals surface area contributed by atoms with Crippen LogP contribution in [0, 0.1) is 0 Å². The summed E-state index contributed by atoms with van der Waals surface area (Å²) in [7, 11) is 0. The maximum Gasteiger partial charge on any atom is 0.261 e. The van der Waals surface area contributed by atoms with Crippen LogP contribution in [-0.4, -0.2) is 33.7 Å². The second kappa shape index (κ2) is 6.32. The van der Waals surface area contributed by atoms with Crippen LogP contribution >= 0.6 is 12.4 Å². The summed E-state index contributed by atoms with van der Waals surface area (Å²) in [6.45, 7) is 1.13. The minimum Gasteiger partial charge on any atom is -0.344 e. The first-order valence-corrected chi connectivity index (χ1v) is 8.65. The molecule has 1 saturated heterocycles. The van der Waals surface area contributed by atoms with E-state index in [1.165, 1.54) is 11.2 Å². The molecule has 8 heteroatoms. The summed E-state index contributed by atoms with van der Waals surface area (Å²) in [5, 5.41) is 7.99. The SMILES string of the molecule is Cl.FC1(F)CNC[C@@H](c2nc(-c3c4n(c5ccccc35)CCC4)no2)C1. The third-order valence-corrected chi connectivity index (χ3v) is 5.21. The Bertz CT molecular complexity index is 952. The summed E-state index contributed by atoms with van der Waals surface area (Å²) in [5.74, 6) is -2.38. The van der Waals surface area contributed by atoms with Crippen molar-refractivity contribution in [3.8, 4) is 11.4 Å². The van der Waals surface area contributed by atoms with E-state index >= 15 is 0 Å². The molecule has 0 aliphatic carbocycles. The second-order valence-corrected chi connectivity index (χ2v) is 6.94. The van der Waals surface area contributed by atoms with Gasteiger partial charge in [0.15, 0.2) is 0 Å². The van der Waals surface area contributed by atoms with Gasteiger partial charge in [-0.1, -0.05) is 23.4 Å². The number of hydrogen-bond donors (Lipinski definition) is 1. The van der Waals surface area contributed by atoms with Crippen molar-refractivity contribution < 1.29 is 13.3 Å². The maximum absolute atomic E-state index is 13.7. The lowest BCUT2D eigenvalue weighted by atomic mass is 9.97. The number of nitrogens with one attached hydrogen (secondary N) is 1. The Morgan fingerprint density at radius 2 is 2.12 bits per heavy atom. The summed E-state index contributed by atoms with van der Waals surface area (Å²) in [5.41, 5.74) is 3.36. The zero-order valence-electron chi connectivity index (χ0n) is 14.0. The molecule has 5 rings (SSSR count). The number of aryl methyl sites for hydroxylation is 1. The Labute approximate surface area is 155 Å². The highest BCUT2D eigenvalue weighted by molar-refractivity contribution is 5.96. The molecule has 0 saturated carbocycles. The molecule has 0 spiro atoms. The molecule has 0 unspecified atom stereocenters. The Balaban J connectivity index is 0.00000168. The van der Waals surface area contributed by atoms with Gasteiger partial charge in [0.25, 0.3) is 5.92 Å². The Kier molecular flexibility index (Phi) is 4.23. The van der Waals surface area contributed by atoms with Crippen LogP contribution in [0.15, 0.2) is 28.8 Å². The third-order valence-electron chi connectivity index (χ3n) is 5.21. The number of fused-ring (bicyclic) bond motifs is 3. The molecule has 2 aromatic heterocycles. The average molecular weight is 381 g/mol. The molecular formula is C18H19ClF2N4O. The fourth-order valence-electron chi connectivity index (χ4n) is 4.14. The van der Waals surface area contributed by atoms with Gasteiger partial charge in [0, 0.05) is 36.1 Å². The van der Waals surface area contributed by atoms with E-state index in [2.05, 4.69) is 32.2 Å². The number of alkyl halides is 2. The smallest absolute Gasteiger partial charge is 0.261 e. The van der Waals surface area contributed by atoms with Crippen molar-refractivity contribution >= 4 is 23.3 Å². The van der Waals surface area contributed by atoms with Gasteiger partial charge in [0.1, 0.15) is 0 Å². The van der Waals surface area contributed by atoms with Crippen molar-refractivity contribution in [3.05, 3.63) is 35.9 Å². The third kappa shape index (κ3) is 2.70. The van der Waals surface area contributed by atoms with Crippen molar-refractivity contribution in [3.63, 3.8) is 0 Å². The molecule has 1 aromatic carbocycles. The van der Waals surface area contributed by atoms with Crippen LogP contribution in [0.2, 0.25) is 0 Å². The van der Waals surface area contributed by atoms with Crippen LogP contribution in [0.25, 0.3) is 22.3 Å². The first-order valence-electron chi connectivity index (χ1n) is 8.65. The number of hydrogen-bond acceptors (Lipinski definition) is 4.